The molecule has 0 saturated heterocycles. The molecule has 0 aliphatic rings. The normalized spacial score (nSPS) is 12.7. The van der Waals surface area contributed by atoms with E-state index in [9.17, 15) is 4.39 Å². The third-order valence-electron chi connectivity index (χ3n) is 3.33. The van der Waals surface area contributed by atoms with Crippen LogP contribution >= 0.6 is 11.6 Å². The first-order chi connectivity index (χ1) is 9.04. The topological polar surface area (TPSA) is 43.8 Å². The third kappa shape index (κ3) is 2.80. The summed E-state index contributed by atoms with van der Waals surface area (Å²) in [6.07, 6.45) is 0.577. The number of nitrogens with zero attached hydrogens (tertiary/aromatic N) is 2. The highest BCUT2D eigenvalue weighted by Gasteiger charge is 2.19. The number of aryl methyl sites for hydroxylation is 2. The molecule has 102 valence electrons. The zero-order valence-corrected chi connectivity index (χ0v) is 11.8. The lowest BCUT2D eigenvalue weighted by molar-refractivity contribution is 0.564. The lowest BCUT2D eigenvalue weighted by atomic mass is 9.93. The van der Waals surface area contributed by atoms with Crippen molar-refractivity contribution in [1.29, 1.82) is 0 Å². The van der Waals surface area contributed by atoms with Gasteiger partial charge in [-0.25, -0.2) is 4.39 Å². The summed E-state index contributed by atoms with van der Waals surface area (Å²) in [5.41, 5.74) is 8.08. The molecule has 1 heterocycles. The molecular formula is C14H17ClFN3. The Morgan fingerprint density at radius 1 is 1.42 bits per heavy atom. The van der Waals surface area contributed by atoms with E-state index in [1.54, 1.807) is 16.8 Å². The Bertz CT molecular complexity index is 580. The van der Waals surface area contributed by atoms with Crippen LogP contribution in [0.4, 0.5) is 4.39 Å². The first kappa shape index (κ1) is 14.0. The SMILES string of the molecule is Cc1nn(C)c(CC(CN)c2ccccc2F)c1Cl. The monoisotopic (exact) mass is 281 g/mol. The summed E-state index contributed by atoms with van der Waals surface area (Å²) in [4.78, 5) is 0. The molecule has 1 aromatic heterocycles. The quantitative estimate of drug-likeness (QED) is 0.936. The number of halogens is 2. The lowest BCUT2D eigenvalue weighted by Gasteiger charge is -2.16. The fourth-order valence-electron chi connectivity index (χ4n) is 2.26. The Hall–Kier alpha value is -1.39. The molecule has 19 heavy (non-hydrogen) atoms. The van der Waals surface area contributed by atoms with Crippen molar-refractivity contribution in [3.63, 3.8) is 0 Å². The maximum absolute atomic E-state index is 13.8. The lowest BCUT2D eigenvalue weighted by Crippen LogP contribution is -2.18. The van der Waals surface area contributed by atoms with Crippen LogP contribution < -0.4 is 5.73 Å². The molecule has 0 fully saturated rings. The van der Waals surface area contributed by atoms with E-state index in [0.717, 1.165) is 11.4 Å². The van der Waals surface area contributed by atoms with Crippen LogP contribution in [0.2, 0.25) is 5.02 Å². The first-order valence-electron chi connectivity index (χ1n) is 6.17. The Labute approximate surface area is 117 Å². The van der Waals surface area contributed by atoms with Crippen LogP contribution in [-0.4, -0.2) is 16.3 Å². The molecule has 2 N–H and O–H groups in total. The zero-order chi connectivity index (χ0) is 14.0. The minimum atomic E-state index is -0.229. The second kappa shape index (κ2) is 5.72. The number of hydrogen-bond donors (Lipinski definition) is 1. The highest BCUT2D eigenvalue weighted by atomic mass is 35.5. The van der Waals surface area contributed by atoms with E-state index in [1.165, 1.54) is 6.07 Å². The van der Waals surface area contributed by atoms with E-state index in [-0.39, 0.29) is 11.7 Å². The average Bonchev–Trinajstić information content (AvgIpc) is 2.63. The molecule has 1 unspecified atom stereocenters. The van der Waals surface area contributed by atoms with Crippen molar-refractivity contribution in [3.8, 4) is 0 Å². The number of aromatic nitrogens is 2. The van der Waals surface area contributed by atoms with E-state index >= 15 is 0 Å². The fourth-order valence-corrected chi connectivity index (χ4v) is 2.50. The van der Waals surface area contributed by atoms with Gasteiger partial charge in [0.1, 0.15) is 5.82 Å². The highest BCUT2D eigenvalue weighted by Crippen LogP contribution is 2.27. The maximum Gasteiger partial charge on any atom is 0.126 e. The molecule has 0 amide bonds. The minimum Gasteiger partial charge on any atom is -0.330 e. The molecule has 5 heteroatoms. The van der Waals surface area contributed by atoms with Crippen molar-refractivity contribution >= 4 is 11.6 Å². The van der Waals surface area contributed by atoms with Crippen LogP contribution in [0.5, 0.6) is 0 Å². The molecule has 2 aromatic rings. The van der Waals surface area contributed by atoms with Crippen molar-refractivity contribution in [1.82, 2.24) is 9.78 Å². The van der Waals surface area contributed by atoms with Gasteiger partial charge >= 0.3 is 0 Å². The molecular weight excluding hydrogens is 265 g/mol. The van der Waals surface area contributed by atoms with Crippen molar-refractivity contribution in [2.45, 2.75) is 19.3 Å². The molecule has 0 aliphatic carbocycles. The van der Waals surface area contributed by atoms with Crippen molar-refractivity contribution in [2.75, 3.05) is 6.54 Å². The number of benzene rings is 1. The van der Waals surface area contributed by atoms with Gasteiger partial charge in [-0.1, -0.05) is 29.8 Å². The Morgan fingerprint density at radius 2 is 2.11 bits per heavy atom. The molecule has 3 nitrogen and oxygen atoms in total. The molecule has 0 aliphatic heterocycles. The van der Waals surface area contributed by atoms with Crippen LogP contribution in [0.15, 0.2) is 24.3 Å². The van der Waals surface area contributed by atoms with Crippen LogP contribution in [-0.2, 0) is 13.5 Å². The van der Waals surface area contributed by atoms with Gasteiger partial charge in [-0.2, -0.15) is 5.10 Å². The van der Waals surface area contributed by atoms with Crippen LogP contribution in [0.25, 0.3) is 0 Å². The van der Waals surface area contributed by atoms with E-state index in [2.05, 4.69) is 5.10 Å². The number of rotatable bonds is 4. The predicted octanol–water partition coefficient (Wildman–Crippen LogP) is 2.81. The molecule has 0 spiro atoms. The van der Waals surface area contributed by atoms with Gasteiger partial charge in [-0.05, 0) is 31.5 Å². The van der Waals surface area contributed by atoms with Crippen LogP contribution in [0.3, 0.4) is 0 Å². The van der Waals surface area contributed by atoms with Gasteiger partial charge in [-0.15, -0.1) is 0 Å². The van der Waals surface area contributed by atoms with Gasteiger partial charge in [0.15, 0.2) is 0 Å². The van der Waals surface area contributed by atoms with E-state index in [1.807, 2.05) is 20.0 Å². The van der Waals surface area contributed by atoms with Crippen molar-refractivity contribution in [2.24, 2.45) is 12.8 Å². The summed E-state index contributed by atoms with van der Waals surface area (Å²) in [7, 11) is 1.84. The smallest absolute Gasteiger partial charge is 0.126 e. The minimum absolute atomic E-state index is 0.103. The van der Waals surface area contributed by atoms with Gasteiger partial charge in [0.25, 0.3) is 0 Å². The third-order valence-corrected chi connectivity index (χ3v) is 3.82. The van der Waals surface area contributed by atoms with Gasteiger partial charge in [0.2, 0.25) is 0 Å². The second-order valence-corrected chi connectivity index (χ2v) is 5.01. The molecule has 1 atom stereocenters. The highest BCUT2D eigenvalue weighted by molar-refractivity contribution is 6.31. The average molecular weight is 282 g/mol. The summed E-state index contributed by atoms with van der Waals surface area (Å²) >= 11 is 6.22. The van der Waals surface area contributed by atoms with Gasteiger partial charge in [-0.3, -0.25) is 4.68 Å². The van der Waals surface area contributed by atoms with Gasteiger partial charge in [0, 0.05) is 13.0 Å². The molecule has 0 saturated carbocycles. The maximum atomic E-state index is 13.8. The summed E-state index contributed by atoms with van der Waals surface area (Å²) in [5, 5.41) is 4.90. The van der Waals surface area contributed by atoms with E-state index in [0.29, 0.717) is 23.6 Å². The summed E-state index contributed by atoms with van der Waals surface area (Å²) < 4.78 is 15.6. The standard InChI is InChI=1S/C14H17ClFN3/c1-9-14(15)13(19(2)18-9)7-10(8-17)11-5-3-4-6-12(11)16/h3-6,10H,7-8,17H2,1-2H3. The zero-order valence-electron chi connectivity index (χ0n) is 11.0. The second-order valence-electron chi connectivity index (χ2n) is 4.63. The summed E-state index contributed by atoms with van der Waals surface area (Å²) in [5.74, 6) is -0.332. The Morgan fingerprint density at radius 3 is 2.63 bits per heavy atom. The number of hydrogen-bond acceptors (Lipinski definition) is 2. The van der Waals surface area contributed by atoms with E-state index < -0.39 is 0 Å². The molecule has 0 bridgehead atoms. The molecule has 2 rings (SSSR count). The van der Waals surface area contributed by atoms with E-state index in [4.69, 9.17) is 17.3 Å². The van der Waals surface area contributed by atoms with Crippen molar-refractivity contribution in [3.05, 3.63) is 52.1 Å². The molecule has 1 aromatic carbocycles. The largest absolute Gasteiger partial charge is 0.330 e. The first-order valence-corrected chi connectivity index (χ1v) is 6.54. The van der Waals surface area contributed by atoms with Crippen LogP contribution in [0.1, 0.15) is 22.9 Å². The van der Waals surface area contributed by atoms with Crippen LogP contribution in [0, 0.1) is 12.7 Å². The molecule has 0 radical (unpaired) electrons. The summed E-state index contributed by atoms with van der Waals surface area (Å²) in [6.45, 7) is 2.22. The van der Waals surface area contributed by atoms with Gasteiger partial charge in [0.05, 0.1) is 16.4 Å². The van der Waals surface area contributed by atoms with Gasteiger partial charge < -0.3 is 5.73 Å². The fraction of sp³-hybridized carbons (Fsp3) is 0.357. The van der Waals surface area contributed by atoms with Crippen molar-refractivity contribution < 1.29 is 4.39 Å². The Balaban J connectivity index is 2.32. The number of nitrogens with two attached hydrogens (primary N) is 1. The summed E-state index contributed by atoms with van der Waals surface area (Å²) in [6, 6.07) is 6.71. The predicted molar refractivity (Wildman–Crippen MR) is 74.9 cm³/mol. The Kier molecular flexibility index (Phi) is 4.22.